The van der Waals surface area contributed by atoms with Crippen LogP contribution in [-0.4, -0.2) is 47.9 Å². The first-order chi connectivity index (χ1) is 15.6. The van der Waals surface area contributed by atoms with Crippen molar-refractivity contribution < 1.29 is 9.59 Å². The molecule has 0 bridgehead atoms. The average molecular weight is 433 g/mol. The number of nitrogens with zero attached hydrogens (tertiary/aromatic N) is 3. The summed E-state index contributed by atoms with van der Waals surface area (Å²) in [5.41, 5.74) is 4.34. The highest BCUT2D eigenvalue weighted by molar-refractivity contribution is 5.94. The number of pyridine rings is 1. The molecule has 1 saturated carbocycles. The van der Waals surface area contributed by atoms with E-state index in [2.05, 4.69) is 27.3 Å². The van der Waals surface area contributed by atoms with E-state index in [1.807, 2.05) is 42.5 Å². The minimum atomic E-state index is 0.0946. The van der Waals surface area contributed by atoms with Crippen LogP contribution >= 0.6 is 0 Å². The van der Waals surface area contributed by atoms with Crippen LogP contribution in [-0.2, 0) is 11.2 Å². The molecule has 6 heteroatoms. The van der Waals surface area contributed by atoms with Crippen molar-refractivity contribution in [3.63, 3.8) is 0 Å². The second kappa shape index (κ2) is 8.93. The van der Waals surface area contributed by atoms with Gasteiger partial charge >= 0.3 is 0 Å². The number of carbonyl (C=O) groups excluding carboxylic acids is 2. The summed E-state index contributed by atoms with van der Waals surface area (Å²) in [5.74, 6) is 0.503. The number of anilines is 1. The summed E-state index contributed by atoms with van der Waals surface area (Å²) in [4.78, 5) is 34.0. The molecule has 2 heterocycles. The quantitative estimate of drug-likeness (QED) is 0.782. The lowest BCUT2D eigenvalue weighted by Crippen LogP contribution is -2.45. The van der Waals surface area contributed by atoms with Crippen molar-refractivity contribution in [1.29, 1.82) is 0 Å². The van der Waals surface area contributed by atoms with Crippen LogP contribution in [0.3, 0.4) is 0 Å². The van der Waals surface area contributed by atoms with Crippen LogP contribution in [0.2, 0.25) is 0 Å². The summed E-state index contributed by atoms with van der Waals surface area (Å²) >= 11 is 0. The molecule has 32 heavy (non-hydrogen) atoms. The van der Waals surface area contributed by atoms with E-state index in [1.54, 1.807) is 0 Å². The lowest BCUT2D eigenvalue weighted by atomic mass is 9.84. The third-order valence-corrected chi connectivity index (χ3v) is 7.62. The van der Waals surface area contributed by atoms with Gasteiger partial charge in [0.15, 0.2) is 0 Å². The largest absolute Gasteiger partial charge is 0.371 e. The maximum Gasteiger partial charge on any atom is 0.253 e. The highest BCUT2D eigenvalue weighted by atomic mass is 16.2. The Kier molecular flexibility index (Phi) is 5.85. The second-order valence-corrected chi connectivity index (χ2v) is 9.48. The number of amides is 2. The molecule has 1 atom stereocenters. The fourth-order valence-electron chi connectivity index (χ4n) is 5.30. The molecule has 2 amide bonds. The number of rotatable bonds is 5. The monoisotopic (exact) mass is 432 g/mol. The fraction of sp³-hybridized carbons (Fsp3) is 0.500. The first-order valence-corrected chi connectivity index (χ1v) is 12.0. The van der Waals surface area contributed by atoms with Crippen molar-refractivity contribution in [1.82, 2.24) is 15.2 Å². The predicted octanol–water partition coefficient (Wildman–Crippen LogP) is 3.73. The minimum absolute atomic E-state index is 0.0946. The number of hydrogen-bond donors (Lipinski definition) is 1. The van der Waals surface area contributed by atoms with Gasteiger partial charge in [-0.1, -0.05) is 12.5 Å². The zero-order chi connectivity index (χ0) is 22.1. The summed E-state index contributed by atoms with van der Waals surface area (Å²) in [6.45, 7) is 1.89. The maximum absolute atomic E-state index is 13.2. The second-order valence-electron chi connectivity index (χ2n) is 9.48. The van der Waals surface area contributed by atoms with E-state index in [1.165, 1.54) is 23.2 Å². The molecule has 6 nitrogen and oxygen atoms in total. The first kappa shape index (κ1) is 21.0. The van der Waals surface area contributed by atoms with E-state index in [0.29, 0.717) is 0 Å². The van der Waals surface area contributed by atoms with Gasteiger partial charge in [-0.3, -0.25) is 14.6 Å². The van der Waals surface area contributed by atoms with Crippen molar-refractivity contribution in [2.24, 2.45) is 5.92 Å². The summed E-state index contributed by atoms with van der Waals surface area (Å²) in [6.07, 6.45) is 10.6. The zero-order valence-electron chi connectivity index (χ0n) is 18.8. The lowest BCUT2D eigenvalue weighted by molar-refractivity contribution is -0.128. The van der Waals surface area contributed by atoms with Gasteiger partial charge in [-0.25, -0.2) is 0 Å². The molecule has 2 fully saturated rings. The molecule has 0 radical (unpaired) electrons. The Balaban J connectivity index is 1.20. The molecular formula is C26H32N4O2. The van der Waals surface area contributed by atoms with Gasteiger partial charge in [-0.15, -0.1) is 0 Å². The number of nitrogens with one attached hydrogen (secondary N) is 1. The van der Waals surface area contributed by atoms with Gasteiger partial charge in [0.05, 0.1) is 6.04 Å². The van der Waals surface area contributed by atoms with Crippen molar-refractivity contribution in [2.45, 2.75) is 57.0 Å². The van der Waals surface area contributed by atoms with E-state index >= 15 is 0 Å². The average Bonchev–Trinajstić information content (AvgIpc) is 3.19. The molecule has 1 unspecified atom stereocenters. The SMILES string of the molecule is CN(C(=O)c1ccc2c(c1)CCC2NC(=O)C1CCC1)C1CCN(c2ccncc2)CC1. The van der Waals surface area contributed by atoms with Gasteiger partial charge in [0.1, 0.15) is 0 Å². The highest BCUT2D eigenvalue weighted by Crippen LogP contribution is 2.34. The van der Waals surface area contributed by atoms with Crippen molar-refractivity contribution in [3.8, 4) is 0 Å². The maximum atomic E-state index is 13.2. The topological polar surface area (TPSA) is 65.5 Å². The van der Waals surface area contributed by atoms with E-state index < -0.39 is 0 Å². The van der Waals surface area contributed by atoms with Crippen LogP contribution in [0, 0.1) is 5.92 Å². The Morgan fingerprint density at radius 3 is 2.47 bits per heavy atom. The Hall–Kier alpha value is -2.89. The smallest absolute Gasteiger partial charge is 0.253 e. The predicted molar refractivity (Wildman–Crippen MR) is 125 cm³/mol. The van der Waals surface area contributed by atoms with Crippen LogP contribution in [0.25, 0.3) is 0 Å². The van der Waals surface area contributed by atoms with Crippen molar-refractivity contribution >= 4 is 17.5 Å². The van der Waals surface area contributed by atoms with Crippen molar-refractivity contribution in [2.75, 3.05) is 25.0 Å². The van der Waals surface area contributed by atoms with Gasteiger partial charge in [0.2, 0.25) is 5.91 Å². The number of carbonyl (C=O) groups is 2. The van der Waals surface area contributed by atoms with Crippen LogP contribution in [0.5, 0.6) is 0 Å². The van der Waals surface area contributed by atoms with Gasteiger partial charge in [0.25, 0.3) is 5.91 Å². The molecule has 3 aliphatic rings. The van der Waals surface area contributed by atoms with E-state index in [9.17, 15) is 9.59 Å². The summed E-state index contributed by atoms with van der Waals surface area (Å²) in [6, 6.07) is 10.5. The number of fused-ring (bicyclic) bond motifs is 1. The van der Waals surface area contributed by atoms with Crippen LogP contribution in [0.4, 0.5) is 5.69 Å². The Morgan fingerprint density at radius 2 is 1.78 bits per heavy atom. The Bertz CT molecular complexity index is 981. The Labute approximate surface area is 190 Å². The van der Waals surface area contributed by atoms with Gasteiger partial charge in [-0.05, 0) is 73.9 Å². The van der Waals surface area contributed by atoms with Gasteiger partial charge < -0.3 is 15.1 Å². The summed E-state index contributed by atoms with van der Waals surface area (Å²) in [5, 5.41) is 3.23. The third kappa shape index (κ3) is 4.10. The molecule has 168 valence electrons. The molecule has 1 N–H and O–H groups in total. The number of piperidine rings is 1. The molecule has 1 aromatic carbocycles. The standard InChI is InChI=1S/C26H32N4O2/c1-29(21-11-15-30(16-12-21)22-9-13-27-14-10-22)26(32)20-5-7-23-19(17-20)6-8-24(23)28-25(31)18-3-2-4-18/h5,7,9-10,13-14,17-18,21,24H,2-4,6,8,11-12,15-16H2,1H3,(H,28,31). The lowest BCUT2D eigenvalue weighted by Gasteiger charge is -2.37. The number of aryl methyl sites for hydroxylation is 1. The number of benzene rings is 1. The molecule has 2 aliphatic carbocycles. The molecule has 5 rings (SSSR count). The first-order valence-electron chi connectivity index (χ1n) is 12.0. The van der Waals surface area contributed by atoms with Gasteiger partial charge in [0, 0.05) is 55.7 Å². The van der Waals surface area contributed by atoms with E-state index in [4.69, 9.17) is 0 Å². The normalized spacial score (nSPS) is 21.0. The fourth-order valence-corrected chi connectivity index (χ4v) is 5.30. The summed E-state index contributed by atoms with van der Waals surface area (Å²) < 4.78 is 0. The summed E-state index contributed by atoms with van der Waals surface area (Å²) in [7, 11) is 1.93. The molecule has 2 aromatic rings. The molecule has 1 aromatic heterocycles. The van der Waals surface area contributed by atoms with Crippen molar-refractivity contribution in [3.05, 3.63) is 59.4 Å². The van der Waals surface area contributed by atoms with E-state index in [0.717, 1.165) is 57.2 Å². The molecule has 0 spiro atoms. The molecule has 1 saturated heterocycles. The van der Waals surface area contributed by atoms with Crippen LogP contribution in [0.1, 0.15) is 66.1 Å². The minimum Gasteiger partial charge on any atom is -0.371 e. The zero-order valence-corrected chi connectivity index (χ0v) is 18.8. The molecular weight excluding hydrogens is 400 g/mol. The van der Waals surface area contributed by atoms with E-state index in [-0.39, 0.29) is 29.8 Å². The number of hydrogen-bond acceptors (Lipinski definition) is 4. The van der Waals surface area contributed by atoms with Crippen LogP contribution < -0.4 is 10.2 Å². The third-order valence-electron chi connectivity index (χ3n) is 7.62. The van der Waals surface area contributed by atoms with Gasteiger partial charge in [-0.2, -0.15) is 0 Å². The Morgan fingerprint density at radius 1 is 1.03 bits per heavy atom. The van der Waals surface area contributed by atoms with Crippen LogP contribution in [0.15, 0.2) is 42.7 Å². The molecule has 1 aliphatic heterocycles. The number of aromatic nitrogens is 1. The highest BCUT2D eigenvalue weighted by Gasteiger charge is 2.31.